The molecule has 4 aromatic rings. The molecule has 9 nitrogen and oxygen atoms in total. The number of aromatic nitrogens is 5. The maximum Gasteiger partial charge on any atom is 2.00 e. The van der Waals surface area contributed by atoms with Gasteiger partial charge in [-0.25, -0.2) is 4.98 Å². The Hall–Kier alpha value is -3.09. The number of carbonyl (C=O) groups is 1. The second-order valence-corrected chi connectivity index (χ2v) is 7.77. The predicted octanol–water partition coefficient (Wildman–Crippen LogP) is 3.68. The Kier molecular flexibility index (Phi) is 9.08. The number of hydrogen-bond acceptors (Lipinski definition) is 5. The normalized spacial score (nSPS) is 10.5. The zero-order valence-electron chi connectivity index (χ0n) is 19.7. The molecule has 0 aliphatic carbocycles. The van der Waals surface area contributed by atoms with E-state index in [0.717, 1.165) is 5.56 Å². The van der Waals surface area contributed by atoms with Crippen LogP contribution in [-0.2, 0) is 18.4 Å². The Morgan fingerprint density at radius 1 is 1.29 bits per heavy atom. The third-order valence-corrected chi connectivity index (χ3v) is 5.00. The maximum absolute atomic E-state index is 13.4. The first-order valence-electron chi connectivity index (χ1n) is 10.2. The van der Waals surface area contributed by atoms with Gasteiger partial charge < -0.3 is 37.0 Å². The van der Waals surface area contributed by atoms with Crippen LogP contribution in [0.5, 0.6) is 0 Å². The fourth-order valence-corrected chi connectivity index (χ4v) is 3.50. The van der Waals surface area contributed by atoms with Crippen molar-refractivity contribution in [2.75, 3.05) is 10.6 Å². The third kappa shape index (κ3) is 5.69. The number of aryl methyl sites for hydroxylation is 1. The number of carbonyl (C=O) groups excluding carboxylic acids is 1. The van der Waals surface area contributed by atoms with Crippen molar-refractivity contribution in [1.82, 2.24) is 23.9 Å². The second kappa shape index (κ2) is 11.4. The van der Waals surface area contributed by atoms with Gasteiger partial charge in [0.25, 0.3) is 5.56 Å². The van der Waals surface area contributed by atoms with Gasteiger partial charge in [-0.1, -0.05) is 30.6 Å². The molecule has 1 aromatic carbocycles. The van der Waals surface area contributed by atoms with Crippen molar-refractivity contribution in [2.24, 2.45) is 7.05 Å². The number of imidazole rings is 1. The van der Waals surface area contributed by atoms with E-state index in [2.05, 4.69) is 33.5 Å². The van der Waals surface area contributed by atoms with E-state index in [9.17, 15) is 9.59 Å². The minimum absolute atomic E-state index is 0. The fraction of sp³-hybridized carbons (Fsp3) is 0.208. The standard InChI is InChI=1S/C23H24N7O2.CH3.U/c1-5-20(31)27-17-8-6-7-16(9-17)11-29-13-19(26-18-10-25-28(4)12-18)21-22(23(29)32)30(14-24-21)15(2)3;;/h5-9,12-15,26H,1,11H2,2-4H3,(H,27,31);1H3;/q2*-1;+2. The molecule has 0 aliphatic heterocycles. The molecule has 0 aliphatic rings. The van der Waals surface area contributed by atoms with Crippen LogP contribution in [0.4, 0.5) is 17.1 Å². The fourth-order valence-electron chi connectivity index (χ4n) is 3.50. The van der Waals surface area contributed by atoms with Crippen molar-refractivity contribution < 1.29 is 35.9 Å². The molecule has 174 valence electrons. The summed E-state index contributed by atoms with van der Waals surface area (Å²) in [6.45, 7) is 7.80. The first kappa shape index (κ1) is 27.2. The molecular weight excluding hydrogens is 656 g/mol. The van der Waals surface area contributed by atoms with E-state index < -0.39 is 0 Å². The van der Waals surface area contributed by atoms with Crippen LogP contribution in [0, 0.1) is 44.7 Å². The molecule has 4 rings (SSSR count). The first-order chi connectivity index (χ1) is 15.4. The van der Waals surface area contributed by atoms with Gasteiger partial charge in [0.05, 0.1) is 18.6 Å². The summed E-state index contributed by atoms with van der Waals surface area (Å²) in [7, 11) is 1.81. The number of benzene rings is 1. The largest absolute Gasteiger partial charge is 2.00 e. The summed E-state index contributed by atoms with van der Waals surface area (Å²) in [6, 6.07) is 7.43. The number of amides is 1. The van der Waals surface area contributed by atoms with Gasteiger partial charge in [-0.05, 0) is 37.6 Å². The molecule has 0 radical (unpaired) electrons. The maximum atomic E-state index is 13.4. The summed E-state index contributed by atoms with van der Waals surface area (Å²) >= 11 is 0. The summed E-state index contributed by atoms with van der Waals surface area (Å²) < 4.78 is 5.15. The van der Waals surface area contributed by atoms with E-state index >= 15 is 0 Å². The van der Waals surface area contributed by atoms with Gasteiger partial charge in [0.1, 0.15) is 11.0 Å². The van der Waals surface area contributed by atoms with Crippen LogP contribution in [0.1, 0.15) is 25.5 Å². The third-order valence-electron chi connectivity index (χ3n) is 5.00. The Morgan fingerprint density at radius 2 is 2.06 bits per heavy atom. The Bertz CT molecular complexity index is 1370. The zero-order chi connectivity index (χ0) is 22.8. The molecular formula is C24H27N7O2U. The second-order valence-electron chi connectivity index (χ2n) is 7.77. The number of hydrogen-bond donors (Lipinski definition) is 2. The van der Waals surface area contributed by atoms with E-state index in [1.807, 2.05) is 43.7 Å². The number of rotatable bonds is 7. The van der Waals surface area contributed by atoms with Crippen molar-refractivity contribution in [2.45, 2.75) is 26.4 Å². The van der Waals surface area contributed by atoms with Crippen LogP contribution in [-0.4, -0.2) is 29.8 Å². The van der Waals surface area contributed by atoms with E-state index in [4.69, 9.17) is 0 Å². The van der Waals surface area contributed by atoms with Gasteiger partial charge in [-0.2, -0.15) is 0 Å². The number of anilines is 3. The van der Waals surface area contributed by atoms with Crippen molar-refractivity contribution in [3.05, 3.63) is 85.2 Å². The van der Waals surface area contributed by atoms with Gasteiger partial charge in [0.2, 0.25) is 5.91 Å². The van der Waals surface area contributed by atoms with Gasteiger partial charge in [-0.15, -0.1) is 6.20 Å². The van der Waals surface area contributed by atoms with Crippen LogP contribution >= 0.6 is 0 Å². The Labute approximate surface area is 222 Å². The van der Waals surface area contributed by atoms with Crippen LogP contribution < -0.4 is 16.2 Å². The predicted molar refractivity (Wildman–Crippen MR) is 130 cm³/mol. The number of nitrogens with one attached hydrogen (secondary N) is 2. The van der Waals surface area contributed by atoms with Crippen LogP contribution in [0.15, 0.2) is 60.4 Å². The summed E-state index contributed by atoms with van der Waals surface area (Å²) in [6.07, 6.45) is 9.34. The molecule has 0 fully saturated rings. The van der Waals surface area contributed by atoms with Crippen LogP contribution in [0.25, 0.3) is 11.0 Å². The van der Waals surface area contributed by atoms with Crippen molar-refractivity contribution in [3.63, 3.8) is 0 Å². The van der Waals surface area contributed by atoms with Gasteiger partial charge in [0.15, 0.2) is 0 Å². The quantitative estimate of drug-likeness (QED) is 0.229. The molecule has 10 heteroatoms. The summed E-state index contributed by atoms with van der Waals surface area (Å²) in [5.41, 5.74) is 3.81. The first-order valence-corrected chi connectivity index (χ1v) is 10.2. The zero-order valence-corrected chi connectivity index (χ0v) is 23.8. The van der Waals surface area contributed by atoms with Gasteiger partial charge >= 0.3 is 31.1 Å². The molecule has 1 amide bonds. The van der Waals surface area contributed by atoms with E-state index in [0.29, 0.717) is 34.6 Å². The van der Waals surface area contributed by atoms with Crippen molar-refractivity contribution >= 4 is 34.0 Å². The summed E-state index contributed by atoms with van der Waals surface area (Å²) in [5.74, 6) is -0.291. The summed E-state index contributed by atoms with van der Waals surface area (Å²) in [4.78, 5) is 29.5. The molecule has 0 saturated heterocycles. The van der Waals surface area contributed by atoms with E-state index in [-0.39, 0.29) is 56.0 Å². The minimum Gasteiger partial charge on any atom is -0.384 e. The van der Waals surface area contributed by atoms with Crippen molar-refractivity contribution in [3.8, 4) is 0 Å². The minimum atomic E-state index is -0.291. The smallest absolute Gasteiger partial charge is 0.384 e. The Morgan fingerprint density at radius 3 is 2.71 bits per heavy atom. The van der Waals surface area contributed by atoms with Crippen LogP contribution in [0.2, 0.25) is 0 Å². The average Bonchev–Trinajstić information content (AvgIpc) is 3.38. The van der Waals surface area contributed by atoms with E-state index in [1.54, 1.807) is 34.0 Å². The average molecular weight is 684 g/mol. The molecule has 0 bridgehead atoms. The SMILES string of the molecule is C=CC(=O)Nc1cccc(Cn2cc(Nc3[c-]nn(C)c3)c3ncn(C(C)C)c3c2=O)c1.[CH3-].[U+2]. The molecule has 0 atom stereocenters. The van der Waals surface area contributed by atoms with Crippen LogP contribution in [0.3, 0.4) is 0 Å². The topological polar surface area (TPSA) is 98.8 Å². The summed E-state index contributed by atoms with van der Waals surface area (Å²) in [5, 5.41) is 10.1. The number of nitrogens with zero attached hydrogens (tertiary/aromatic N) is 5. The van der Waals surface area contributed by atoms with Gasteiger partial charge in [0, 0.05) is 25.0 Å². The van der Waals surface area contributed by atoms with E-state index in [1.165, 1.54) is 6.08 Å². The number of pyridine rings is 1. The Balaban J connectivity index is 0.00000204. The molecule has 3 heterocycles. The molecule has 0 saturated carbocycles. The molecule has 34 heavy (non-hydrogen) atoms. The monoisotopic (exact) mass is 683 g/mol. The van der Waals surface area contributed by atoms with Gasteiger partial charge in [-0.3, -0.25) is 9.59 Å². The van der Waals surface area contributed by atoms with Crippen molar-refractivity contribution in [1.29, 1.82) is 0 Å². The molecule has 0 spiro atoms. The molecule has 0 unspecified atom stereocenters. The molecule has 3 aromatic heterocycles. The number of fused-ring (bicyclic) bond motifs is 1. The molecule has 2 N–H and O–H groups in total.